The normalized spacial score (nSPS) is 12.3. The lowest BCUT2D eigenvalue weighted by Crippen LogP contribution is -2.42. The lowest BCUT2D eigenvalue weighted by atomic mass is 10.1. The van der Waals surface area contributed by atoms with Crippen LogP contribution in [-0.4, -0.2) is 45.2 Å². The Kier molecular flexibility index (Phi) is 14.0. The number of ether oxygens (including phenoxy) is 1. The number of nitrogens with one attached hydrogen (secondary N) is 3. The Balaban J connectivity index is 0.00000625. The van der Waals surface area contributed by atoms with Gasteiger partial charge in [-0.1, -0.05) is 44.2 Å². The van der Waals surface area contributed by atoms with Crippen molar-refractivity contribution >= 4 is 35.8 Å². The number of nitrogens with zero attached hydrogens (tertiary/aromatic N) is 1. The predicted molar refractivity (Wildman–Crippen MR) is 118 cm³/mol. The van der Waals surface area contributed by atoms with E-state index in [0.29, 0.717) is 19.7 Å². The quantitative estimate of drug-likeness (QED) is 0.210. The van der Waals surface area contributed by atoms with Gasteiger partial charge < -0.3 is 20.7 Å². The van der Waals surface area contributed by atoms with E-state index in [2.05, 4.69) is 40.0 Å². The average Bonchev–Trinajstić information content (AvgIpc) is 2.63. The Bertz CT molecular complexity index is 524. The van der Waals surface area contributed by atoms with Gasteiger partial charge in [-0.05, 0) is 18.9 Å². The van der Waals surface area contributed by atoms with Crippen LogP contribution >= 0.6 is 24.0 Å². The SMILES string of the molecule is CN=C(NCCCOC(C)c1ccccc1)NCCNC(=O)C(C)C.I. The predicted octanol–water partition coefficient (Wildman–Crippen LogP) is 2.71. The molecule has 0 aliphatic heterocycles. The van der Waals surface area contributed by atoms with Crippen molar-refractivity contribution in [2.75, 3.05) is 33.3 Å². The van der Waals surface area contributed by atoms with Crippen LogP contribution in [0.5, 0.6) is 0 Å². The summed E-state index contributed by atoms with van der Waals surface area (Å²) in [5.74, 6) is 0.806. The first kappa shape index (κ1) is 24.7. The third-order valence-electron chi connectivity index (χ3n) is 3.72. The van der Waals surface area contributed by atoms with E-state index in [-0.39, 0.29) is 41.9 Å². The summed E-state index contributed by atoms with van der Waals surface area (Å²) in [6, 6.07) is 10.2. The second kappa shape index (κ2) is 14.8. The Morgan fingerprint density at radius 2 is 1.65 bits per heavy atom. The van der Waals surface area contributed by atoms with Crippen LogP contribution < -0.4 is 16.0 Å². The molecule has 1 aromatic rings. The number of rotatable bonds is 10. The van der Waals surface area contributed by atoms with Gasteiger partial charge in [-0.2, -0.15) is 0 Å². The fourth-order valence-corrected chi connectivity index (χ4v) is 2.15. The molecule has 1 amide bonds. The molecule has 1 atom stereocenters. The molecule has 6 nitrogen and oxygen atoms in total. The molecule has 0 saturated heterocycles. The van der Waals surface area contributed by atoms with Crippen LogP contribution in [0.1, 0.15) is 38.9 Å². The van der Waals surface area contributed by atoms with Gasteiger partial charge in [-0.25, -0.2) is 0 Å². The smallest absolute Gasteiger partial charge is 0.222 e. The van der Waals surface area contributed by atoms with Crippen molar-refractivity contribution in [1.82, 2.24) is 16.0 Å². The zero-order valence-corrected chi connectivity index (χ0v) is 18.6. The van der Waals surface area contributed by atoms with Crippen LogP contribution in [-0.2, 0) is 9.53 Å². The standard InChI is InChI=1S/C19H32N4O2.HI/c1-15(2)18(24)21-12-13-23-19(20-4)22-11-8-14-25-16(3)17-9-6-5-7-10-17;/h5-7,9-10,15-16H,8,11-14H2,1-4H3,(H,21,24)(H2,20,22,23);1H. The lowest BCUT2D eigenvalue weighted by Gasteiger charge is -2.15. The zero-order chi connectivity index (χ0) is 18.5. The minimum Gasteiger partial charge on any atom is -0.374 e. The van der Waals surface area contributed by atoms with Gasteiger partial charge in [0.1, 0.15) is 0 Å². The molecule has 0 aliphatic carbocycles. The highest BCUT2D eigenvalue weighted by atomic mass is 127. The zero-order valence-electron chi connectivity index (χ0n) is 16.2. The van der Waals surface area contributed by atoms with Crippen molar-refractivity contribution in [2.45, 2.75) is 33.3 Å². The summed E-state index contributed by atoms with van der Waals surface area (Å²) in [5, 5.41) is 9.27. The number of halogens is 1. The molecule has 0 bridgehead atoms. The second-order valence-electron chi connectivity index (χ2n) is 6.15. The number of guanidine groups is 1. The number of amides is 1. The summed E-state index contributed by atoms with van der Waals surface area (Å²) in [6.45, 7) is 8.50. The number of hydrogen-bond donors (Lipinski definition) is 3. The second-order valence-corrected chi connectivity index (χ2v) is 6.15. The van der Waals surface area contributed by atoms with E-state index in [4.69, 9.17) is 4.74 Å². The fourth-order valence-electron chi connectivity index (χ4n) is 2.15. The van der Waals surface area contributed by atoms with E-state index in [1.54, 1.807) is 7.05 Å². The van der Waals surface area contributed by atoms with Crippen molar-refractivity contribution in [2.24, 2.45) is 10.9 Å². The molecular formula is C19H33IN4O2. The molecule has 0 fully saturated rings. The first-order valence-electron chi connectivity index (χ1n) is 8.93. The van der Waals surface area contributed by atoms with Gasteiger partial charge >= 0.3 is 0 Å². The molecule has 0 aromatic heterocycles. The van der Waals surface area contributed by atoms with Crippen molar-refractivity contribution in [3.8, 4) is 0 Å². The molecule has 1 unspecified atom stereocenters. The fraction of sp³-hybridized carbons (Fsp3) is 0.579. The van der Waals surface area contributed by atoms with Crippen LogP contribution in [0, 0.1) is 5.92 Å². The third kappa shape index (κ3) is 10.6. The molecular weight excluding hydrogens is 443 g/mol. The average molecular weight is 476 g/mol. The van der Waals surface area contributed by atoms with Crippen molar-refractivity contribution in [3.05, 3.63) is 35.9 Å². The number of benzene rings is 1. The highest BCUT2D eigenvalue weighted by molar-refractivity contribution is 14.0. The highest BCUT2D eigenvalue weighted by Crippen LogP contribution is 2.15. The number of carbonyl (C=O) groups is 1. The van der Waals surface area contributed by atoms with Crippen LogP contribution in [0.4, 0.5) is 0 Å². The minimum absolute atomic E-state index is 0. The van der Waals surface area contributed by atoms with Crippen LogP contribution in [0.25, 0.3) is 0 Å². The van der Waals surface area contributed by atoms with E-state index in [0.717, 1.165) is 18.9 Å². The van der Waals surface area contributed by atoms with Gasteiger partial charge in [0, 0.05) is 39.2 Å². The van der Waals surface area contributed by atoms with Gasteiger partial charge in [0.25, 0.3) is 0 Å². The lowest BCUT2D eigenvalue weighted by molar-refractivity contribution is -0.123. The van der Waals surface area contributed by atoms with Gasteiger partial charge in [0.2, 0.25) is 5.91 Å². The summed E-state index contributed by atoms with van der Waals surface area (Å²) < 4.78 is 5.84. The Morgan fingerprint density at radius 1 is 1.04 bits per heavy atom. The van der Waals surface area contributed by atoms with Crippen molar-refractivity contribution in [3.63, 3.8) is 0 Å². The van der Waals surface area contributed by atoms with Gasteiger partial charge in [0.15, 0.2) is 5.96 Å². The maximum absolute atomic E-state index is 11.5. The van der Waals surface area contributed by atoms with E-state index >= 15 is 0 Å². The van der Waals surface area contributed by atoms with E-state index in [1.807, 2.05) is 32.0 Å². The summed E-state index contributed by atoms with van der Waals surface area (Å²) in [4.78, 5) is 15.6. The molecule has 1 aromatic carbocycles. The van der Waals surface area contributed by atoms with Gasteiger partial charge in [0.05, 0.1) is 6.10 Å². The molecule has 7 heteroatoms. The third-order valence-corrected chi connectivity index (χ3v) is 3.72. The summed E-state index contributed by atoms with van der Waals surface area (Å²) >= 11 is 0. The van der Waals surface area contributed by atoms with Crippen LogP contribution in [0.15, 0.2) is 35.3 Å². The van der Waals surface area contributed by atoms with E-state index in [9.17, 15) is 4.79 Å². The van der Waals surface area contributed by atoms with Gasteiger partial charge in [-0.15, -0.1) is 24.0 Å². The molecule has 0 saturated carbocycles. The van der Waals surface area contributed by atoms with Crippen LogP contribution in [0.3, 0.4) is 0 Å². The molecule has 0 spiro atoms. The molecule has 26 heavy (non-hydrogen) atoms. The number of aliphatic imine (C=N–C) groups is 1. The number of hydrogen-bond acceptors (Lipinski definition) is 3. The molecule has 1 rings (SSSR count). The first-order chi connectivity index (χ1) is 12.0. The highest BCUT2D eigenvalue weighted by Gasteiger charge is 2.06. The van der Waals surface area contributed by atoms with E-state index < -0.39 is 0 Å². The largest absolute Gasteiger partial charge is 0.374 e. The van der Waals surface area contributed by atoms with Crippen LogP contribution in [0.2, 0.25) is 0 Å². The monoisotopic (exact) mass is 476 g/mol. The molecule has 0 radical (unpaired) electrons. The maximum Gasteiger partial charge on any atom is 0.222 e. The maximum atomic E-state index is 11.5. The number of carbonyl (C=O) groups excluding carboxylic acids is 1. The molecule has 0 aliphatic rings. The van der Waals surface area contributed by atoms with Crippen molar-refractivity contribution < 1.29 is 9.53 Å². The topological polar surface area (TPSA) is 74.8 Å². The Morgan fingerprint density at radius 3 is 2.27 bits per heavy atom. The van der Waals surface area contributed by atoms with Gasteiger partial charge in [-0.3, -0.25) is 9.79 Å². The van der Waals surface area contributed by atoms with E-state index in [1.165, 1.54) is 5.56 Å². The summed E-state index contributed by atoms with van der Waals surface area (Å²) in [6.07, 6.45) is 0.991. The summed E-state index contributed by atoms with van der Waals surface area (Å²) in [7, 11) is 1.73. The molecule has 148 valence electrons. The van der Waals surface area contributed by atoms with Crippen molar-refractivity contribution in [1.29, 1.82) is 0 Å². The first-order valence-corrected chi connectivity index (χ1v) is 8.93. The summed E-state index contributed by atoms with van der Waals surface area (Å²) in [5.41, 5.74) is 1.19. The minimum atomic E-state index is 0. The Hall–Kier alpha value is -1.35. The molecule has 3 N–H and O–H groups in total. The Labute approximate surface area is 174 Å². The molecule has 0 heterocycles.